The molecule has 0 aliphatic rings. The SMILES string of the molecule is COC(C)(C)CCOCCC(C)(N)C#N. The van der Waals surface area contributed by atoms with Crippen molar-refractivity contribution in [1.29, 1.82) is 5.26 Å². The van der Waals surface area contributed by atoms with Crippen LogP contribution < -0.4 is 5.73 Å². The largest absolute Gasteiger partial charge is 0.381 e. The summed E-state index contributed by atoms with van der Waals surface area (Å²) in [4.78, 5) is 0. The first-order chi connectivity index (χ1) is 6.83. The fourth-order valence-corrected chi connectivity index (χ4v) is 0.862. The molecular weight excluding hydrogens is 192 g/mol. The number of nitrogens with zero attached hydrogens (tertiary/aromatic N) is 1. The van der Waals surface area contributed by atoms with Gasteiger partial charge in [0.25, 0.3) is 0 Å². The van der Waals surface area contributed by atoms with Gasteiger partial charge in [-0.25, -0.2) is 0 Å². The number of nitrogens with two attached hydrogens (primary N) is 1. The van der Waals surface area contributed by atoms with Gasteiger partial charge in [-0.1, -0.05) is 0 Å². The lowest BCUT2D eigenvalue weighted by molar-refractivity contribution is -0.0108. The number of hydrogen-bond acceptors (Lipinski definition) is 4. The average Bonchev–Trinajstić information content (AvgIpc) is 2.17. The van der Waals surface area contributed by atoms with Crippen LogP contribution in [0.3, 0.4) is 0 Å². The van der Waals surface area contributed by atoms with Gasteiger partial charge in [0.2, 0.25) is 0 Å². The van der Waals surface area contributed by atoms with Gasteiger partial charge in [0, 0.05) is 26.7 Å². The third-order valence-corrected chi connectivity index (χ3v) is 2.42. The van der Waals surface area contributed by atoms with E-state index in [4.69, 9.17) is 20.5 Å². The Labute approximate surface area is 92.3 Å². The molecule has 0 heterocycles. The number of ether oxygens (including phenoxy) is 2. The quantitative estimate of drug-likeness (QED) is 0.651. The monoisotopic (exact) mass is 214 g/mol. The summed E-state index contributed by atoms with van der Waals surface area (Å²) in [6.45, 7) is 6.87. The zero-order valence-corrected chi connectivity index (χ0v) is 10.2. The summed E-state index contributed by atoms with van der Waals surface area (Å²) in [5, 5.41) is 8.67. The molecular formula is C11H22N2O2. The van der Waals surface area contributed by atoms with Gasteiger partial charge in [-0.3, -0.25) is 0 Å². The molecule has 0 bridgehead atoms. The maximum atomic E-state index is 8.67. The molecule has 0 aliphatic heterocycles. The van der Waals surface area contributed by atoms with Crippen molar-refractivity contribution in [3.63, 3.8) is 0 Å². The van der Waals surface area contributed by atoms with Crippen LogP contribution in [0.1, 0.15) is 33.6 Å². The number of hydrogen-bond donors (Lipinski definition) is 1. The molecule has 4 nitrogen and oxygen atoms in total. The standard InChI is InChI=1S/C11H22N2O2/c1-10(2,14-4)5-7-15-8-6-11(3,13)9-12/h5-8,13H2,1-4H3. The molecule has 4 heteroatoms. The molecule has 0 rings (SSSR count). The Hall–Kier alpha value is -0.630. The van der Waals surface area contributed by atoms with E-state index in [2.05, 4.69) is 0 Å². The van der Waals surface area contributed by atoms with E-state index in [1.165, 1.54) is 0 Å². The van der Waals surface area contributed by atoms with Crippen LogP contribution in [0.25, 0.3) is 0 Å². The minimum atomic E-state index is -0.781. The van der Waals surface area contributed by atoms with Gasteiger partial charge in [-0.15, -0.1) is 0 Å². The fourth-order valence-electron chi connectivity index (χ4n) is 0.862. The van der Waals surface area contributed by atoms with Crippen LogP contribution in [-0.2, 0) is 9.47 Å². The van der Waals surface area contributed by atoms with Gasteiger partial charge in [0.1, 0.15) is 5.54 Å². The molecule has 0 saturated heterocycles. The van der Waals surface area contributed by atoms with E-state index in [1.807, 2.05) is 19.9 Å². The van der Waals surface area contributed by atoms with Crippen molar-refractivity contribution in [2.75, 3.05) is 20.3 Å². The summed E-state index contributed by atoms with van der Waals surface area (Å²) in [6.07, 6.45) is 1.38. The van der Waals surface area contributed by atoms with Crippen LogP contribution in [0.15, 0.2) is 0 Å². The predicted molar refractivity (Wildman–Crippen MR) is 59.3 cm³/mol. The minimum Gasteiger partial charge on any atom is -0.381 e. The Morgan fingerprint density at radius 2 is 1.73 bits per heavy atom. The molecule has 0 aromatic carbocycles. The zero-order valence-electron chi connectivity index (χ0n) is 10.2. The van der Waals surface area contributed by atoms with Gasteiger partial charge in [-0.2, -0.15) is 5.26 Å². The normalized spacial score (nSPS) is 15.7. The van der Waals surface area contributed by atoms with E-state index in [0.29, 0.717) is 19.6 Å². The summed E-state index contributed by atoms with van der Waals surface area (Å²) in [5.74, 6) is 0. The summed E-state index contributed by atoms with van der Waals surface area (Å²) in [6, 6.07) is 2.03. The lowest BCUT2D eigenvalue weighted by Crippen LogP contribution is -2.35. The molecule has 15 heavy (non-hydrogen) atoms. The van der Waals surface area contributed by atoms with E-state index in [-0.39, 0.29) is 5.60 Å². The van der Waals surface area contributed by atoms with Crippen LogP contribution in [0.4, 0.5) is 0 Å². The molecule has 0 radical (unpaired) electrons. The molecule has 2 N–H and O–H groups in total. The summed E-state index contributed by atoms with van der Waals surface area (Å²) in [5.41, 5.74) is 4.71. The van der Waals surface area contributed by atoms with Crippen LogP contribution >= 0.6 is 0 Å². The highest BCUT2D eigenvalue weighted by molar-refractivity contribution is 5.00. The second-order valence-corrected chi connectivity index (χ2v) is 4.61. The Balaban J connectivity index is 3.54. The number of methoxy groups -OCH3 is 1. The molecule has 0 aliphatic carbocycles. The van der Waals surface area contributed by atoms with Crippen molar-refractivity contribution in [3.8, 4) is 6.07 Å². The van der Waals surface area contributed by atoms with E-state index in [1.54, 1.807) is 14.0 Å². The fraction of sp³-hybridized carbons (Fsp3) is 0.909. The highest BCUT2D eigenvalue weighted by Gasteiger charge is 2.18. The van der Waals surface area contributed by atoms with E-state index >= 15 is 0 Å². The first-order valence-corrected chi connectivity index (χ1v) is 5.16. The molecule has 88 valence electrons. The van der Waals surface area contributed by atoms with Crippen molar-refractivity contribution in [3.05, 3.63) is 0 Å². The van der Waals surface area contributed by atoms with Crippen molar-refractivity contribution < 1.29 is 9.47 Å². The third kappa shape index (κ3) is 7.32. The van der Waals surface area contributed by atoms with Crippen LogP contribution in [-0.4, -0.2) is 31.5 Å². The maximum Gasteiger partial charge on any atom is 0.103 e. The highest BCUT2D eigenvalue weighted by Crippen LogP contribution is 2.12. The first kappa shape index (κ1) is 14.4. The topological polar surface area (TPSA) is 68.3 Å². The van der Waals surface area contributed by atoms with Crippen molar-refractivity contribution in [2.45, 2.75) is 44.8 Å². The Kier molecular flexibility index (Phi) is 5.81. The molecule has 0 saturated carbocycles. The second kappa shape index (κ2) is 6.06. The summed E-state index contributed by atoms with van der Waals surface area (Å²) < 4.78 is 10.6. The lowest BCUT2D eigenvalue weighted by Gasteiger charge is -2.23. The van der Waals surface area contributed by atoms with Crippen LogP contribution in [0, 0.1) is 11.3 Å². The molecule has 1 atom stereocenters. The molecule has 0 aromatic rings. The Morgan fingerprint density at radius 3 is 2.20 bits per heavy atom. The average molecular weight is 214 g/mol. The van der Waals surface area contributed by atoms with E-state index in [0.717, 1.165) is 6.42 Å². The highest BCUT2D eigenvalue weighted by atomic mass is 16.5. The Morgan fingerprint density at radius 1 is 1.20 bits per heavy atom. The first-order valence-electron chi connectivity index (χ1n) is 5.16. The van der Waals surface area contributed by atoms with Gasteiger partial charge in [0.05, 0.1) is 11.7 Å². The molecule has 0 aromatic heterocycles. The third-order valence-electron chi connectivity index (χ3n) is 2.42. The Bertz CT molecular complexity index is 219. The minimum absolute atomic E-state index is 0.152. The summed E-state index contributed by atoms with van der Waals surface area (Å²) in [7, 11) is 1.69. The number of nitriles is 1. The molecule has 0 amide bonds. The van der Waals surface area contributed by atoms with Crippen molar-refractivity contribution in [1.82, 2.24) is 0 Å². The van der Waals surface area contributed by atoms with Crippen LogP contribution in [0.5, 0.6) is 0 Å². The van der Waals surface area contributed by atoms with Gasteiger partial charge >= 0.3 is 0 Å². The van der Waals surface area contributed by atoms with E-state index in [9.17, 15) is 0 Å². The van der Waals surface area contributed by atoms with E-state index < -0.39 is 5.54 Å². The van der Waals surface area contributed by atoms with Gasteiger partial charge < -0.3 is 15.2 Å². The second-order valence-electron chi connectivity index (χ2n) is 4.61. The predicted octanol–water partition coefficient (Wildman–Crippen LogP) is 1.45. The smallest absolute Gasteiger partial charge is 0.103 e. The molecule has 1 unspecified atom stereocenters. The van der Waals surface area contributed by atoms with Crippen molar-refractivity contribution >= 4 is 0 Å². The number of rotatable bonds is 7. The lowest BCUT2D eigenvalue weighted by atomic mass is 10.0. The van der Waals surface area contributed by atoms with Crippen LogP contribution in [0.2, 0.25) is 0 Å². The maximum absolute atomic E-state index is 8.67. The summed E-state index contributed by atoms with van der Waals surface area (Å²) >= 11 is 0. The zero-order chi connectivity index (χ0) is 11.9. The molecule has 0 fully saturated rings. The van der Waals surface area contributed by atoms with Crippen molar-refractivity contribution in [2.24, 2.45) is 5.73 Å². The van der Waals surface area contributed by atoms with Gasteiger partial charge in [0.15, 0.2) is 0 Å². The van der Waals surface area contributed by atoms with Gasteiger partial charge in [-0.05, 0) is 27.2 Å². The molecule has 0 spiro atoms.